The molecule has 0 fully saturated rings. The summed E-state index contributed by atoms with van der Waals surface area (Å²) in [5.41, 5.74) is 0. The van der Waals surface area contributed by atoms with Crippen LogP contribution in [0.2, 0.25) is 0 Å². The third-order valence-electron chi connectivity index (χ3n) is 0. The van der Waals surface area contributed by atoms with E-state index in [1.165, 1.54) is 0 Å². The van der Waals surface area contributed by atoms with Crippen LogP contribution >= 0.6 is 0 Å². The van der Waals surface area contributed by atoms with Crippen molar-refractivity contribution in [1.82, 2.24) is 0 Å². The summed E-state index contributed by atoms with van der Waals surface area (Å²) in [6.07, 6.45) is 0. The molecule has 2 N–H and O–H groups in total. The molecule has 0 aromatic rings. The van der Waals surface area contributed by atoms with Crippen molar-refractivity contribution >= 4 is 0 Å². The fourth-order valence-electron chi connectivity index (χ4n) is 0. The molecule has 0 aliphatic heterocycles. The van der Waals surface area contributed by atoms with E-state index in [4.69, 9.17) is 15.9 Å². The van der Waals surface area contributed by atoms with Crippen molar-refractivity contribution in [3.8, 4) is 0 Å². The second-order valence-electron chi connectivity index (χ2n) is 0.448. The van der Waals surface area contributed by atoms with Crippen LogP contribution in [-0.4, -0.2) is 8.32 Å². The van der Waals surface area contributed by atoms with Crippen molar-refractivity contribution in [1.29, 1.82) is 0 Å². The number of hydrogen-bond donors (Lipinski definition) is 2. The summed E-state index contributed by atoms with van der Waals surface area (Å²) in [7, 11) is 0. The molecule has 0 aromatic heterocycles. The first-order valence-corrected chi connectivity index (χ1v) is 2.88. The van der Waals surface area contributed by atoms with E-state index in [-0.39, 0.29) is 58.2 Å². The second-order valence-corrected chi connectivity index (χ2v) is 1.85. The molecular formula is H2CrO4Rb+. The van der Waals surface area contributed by atoms with E-state index in [1.54, 1.807) is 0 Å². The maximum atomic E-state index is 8.82. The summed E-state index contributed by atoms with van der Waals surface area (Å²) in [5.74, 6) is 0. The third-order valence-corrected chi connectivity index (χ3v) is 0. The Hall–Kier alpha value is 1.86. The smallest absolute Gasteiger partial charge is 1.00 e. The minimum atomic E-state index is -5.25. The van der Waals surface area contributed by atoms with Crippen LogP contribution in [0, 0.1) is 0 Å². The molecule has 4 nitrogen and oxygen atoms in total. The number of rotatable bonds is 0. The molecule has 6 heavy (non-hydrogen) atoms. The first-order valence-electron chi connectivity index (χ1n) is 0.698. The largest absolute Gasteiger partial charge is 1.00 e. The fraction of sp³-hybridized carbons (Fsp3) is 0. The Morgan fingerprint density at radius 1 is 1.17 bits per heavy atom. The van der Waals surface area contributed by atoms with Gasteiger partial charge in [0.2, 0.25) is 0 Å². The first kappa shape index (κ1) is 10.8. The summed E-state index contributed by atoms with van der Waals surface area (Å²) >= 11 is -5.25. The van der Waals surface area contributed by atoms with Gasteiger partial charge in [-0.3, -0.25) is 0 Å². The Bertz CT molecular complexity index is 90.7. The van der Waals surface area contributed by atoms with Crippen molar-refractivity contribution < 1.29 is 87.7 Å². The quantitative estimate of drug-likeness (QED) is 0.417. The van der Waals surface area contributed by atoms with Crippen LogP contribution in [0.15, 0.2) is 0 Å². The predicted octanol–water partition coefficient (Wildman–Crippen LogP) is -4.35. The Kier molecular flexibility index (Phi) is 6.84. The average Bonchev–Trinajstić information content (AvgIpc) is 0.722. The van der Waals surface area contributed by atoms with Gasteiger partial charge in [-0.25, -0.2) is 0 Å². The van der Waals surface area contributed by atoms with Crippen molar-refractivity contribution in [2.75, 3.05) is 0 Å². The van der Waals surface area contributed by atoms with E-state index in [0.29, 0.717) is 0 Å². The van der Waals surface area contributed by atoms with Crippen LogP contribution in [0.5, 0.6) is 0 Å². The summed E-state index contributed by atoms with van der Waals surface area (Å²) < 4.78 is 31.9. The van der Waals surface area contributed by atoms with Gasteiger partial charge in [0.1, 0.15) is 0 Å². The molecule has 0 atom stereocenters. The molecule has 0 radical (unpaired) electrons. The van der Waals surface area contributed by atoms with Gasteiger partial charge in [0.05, 0.1) is 0 Å². The molecule has 0 aromatic carbocycles. The summed E-state index contributed by atoms with van der Waals surface area (Å²) in [5, 5.41) is 0. The second kappa shape index (κ2) is 3.81. The van der Waals surface area contributed by atoms with Gasteiger partial charge in [-0.1, -0.05) is 0 Å². The molecule has 0 heterocycles. The predicted molar refractivity (Wildman–Crippen MR) is 5.81 cm³/mol. The monoisotopic (exact) mass is 203 g/mol. The molecule has 0 saturated carbocycles. The van der Waals surface area contributed by atoms with Crippen LogP contribution in [0.3, 0.4) is 0 Å². The fourth-order valence-corrected chi connectivity index (χ4v) is 0. The Balaban J connectivity index is 0. The molecule has 32 valence electrons. The molecule has 0 rings (SSSR count). The zero-order chi connectivity index (χ0) is 4.50. The van der Waals surface area contributed by atoms with Crippen molar-refractivity contribution in [2.24, 2.45) is 0 Å². The Morgan fingerprint density at radius 3 is 1.17 bits per heavy atom. The van der Waals surface area contributed by atoms with Crippen LogP contribution in [0.1, 0.15) is 0 Å². The summed E-state index contributed by atoms with van der Waals surface area (Å²) in [4.78, 5) is 0. The topological polar surface area (TPSA) is 74.6 Å². The van der Waals surface area contributed by atoms with Gasteiger partial charge >= 0.3 is 87.7 Å². The molecule has 0 unspecified atom stereocenters. The first-order chi connectivity index (χ1) is 2.00. The Labute approximate surface area is 85.7 Å². The van der Waals surface area contributed by atoms with E-state index in [9.17, 15) is 0 Å². The third kappa shape index (κ3) is 40.1. The van der Waals surface area contributed by atoms with Crippen molar-refractivity contribution in [3.05, 3.63) is 0 Å². The molecule has 0 amide bonds. The molecule has 6 heteroatoms. The molecule has 0 aliphatic rings. The zero-order valence-corrected chi connectivity index (χ0v) is 9.31. The van der Waals surface area contributed by atoms with E-state index in [0.717, 1.165) is 0 Å². The maximum Gasteiger partial charge on any atom is 1.00 e. The van der Waals surface area contributed by atoms with Gasteiger partial charge in [-0.05, 0) is 0 Å². The van der Waals surface area contributed by atoms with E-state index in [1.807, 2.05) is 0 Å². The minimum Gasteiger partial charge on any atom is 1.00 e. The van der Waals surface area contributed by atoms with Crippen LogP contribution in [0.4, 0.5) is 0 Å². The van der Waals surface area contributed by atoms with E-state index >= 15 is 0 Å². The zero-order valence-electron chi connectivity index (χ0n) is 3.12. The van der Waals surface area contributed by atoms with E-state index < -0.39 is 13.6 Å². The molecule has 0 aliphatic carbocycles. The minimum absolute atomic E-state index is 0. The van der Waals surface area contributed by atoms with Gasteiger partial charge in [0, 0.05) is 0 Å². The van der Waals surface area contributed by atoms with Crippen molar-refractivity contribution in [2.45, 2.75) is 0 Å². The average molecular weight is 203 g/mol. The van der Waals surface area contributed by atoms with Crippen LogP contribution in [-0.2, 0) is 21.2 Å². The SMILES string of the molecule is [O]=[Cr](=[O])([OH])[OH].[Rb+]. The van der Waals surface area contributed by atoms with Gasteiger partial charge in [0.15, 0.2) is 0 Å². The number of hydrogen-bond acceptors (Lipinski definition) is 2. The summed E-state index contributed by atoms with van der Waals surface area (Å²) in [6, 6.07) is 0. The van der Waals surface area contributed by atoms with Crippen LogP contribution in [0.25, 0.3) is 0 Å². The summed E-state index contributed by atoms with van der Waals surface area (Å²) in [6.45, 7) is 0. The molecular weight excluding hydrogens is 201 g/mol. The molecule has 0 bridgehead atoms. The van der Waals surface area contributed by atoms with E-state index in [2.05, 4.69) is 0 Å². The normalized spacial score (nSPS) is 9.67. The van der Waals surface area contributed by atoms with Gasteiger partial charge in [-0.15, -0.1) is 0 Å². The molecule has 0 spiro atoms. The van der Waals surface area contributed by atoms with Gasteiger partial charge in [0.25, 0.3) is 0 Å². The van der Waals surface area contributed by atoms with Gasteiger partial charge in [-0.2, -0.15) is 0 Å². The van der Waals surface area contributed by atoms with Gasteiger partial charge < -0.3 is 0 Å². The van der Waals surface area contributed by atoms with Crippen LogP contribution < -0.4 is 58.2 Å². The maximum absolute atomic E-state index is 8.82. The van der Waals surface area contributed by atoms with Crippen molar-refractivity contribution in [3.63, 3.8) is 0 Å². The molecule has 0 saturated heterocycles. The Morgan fingerprint density at radius 2 is 1.17 bits per heavy atom. The standard InChI is InChI=1S/Cr.2H2O.2O.Rb/h;2*1H2;;;/q+2;;;;;+1/p-2.